The Labute approximate surface area is 99.5 Å². The topological polar surface area (TPSA) is 29.3 Å². The van der Waals surface area contributed by atoms with Crippen LogP contribution in [-0.2, 0) is 0 Å². The number of hydrogen-bond donors (Lipinski definition) is 1. The molecule has 1 atom stereocenters. The lowest BCUT2D eigenvalue weighted by atomic mass is 10.0. The van der Waals surface area contributed by atoms with Crippen molar-refractivity contribution in [2.45, 2.75) is 39.2 Å². The zero-order valence-corrected chi connectivity index (χ0v) is 10.9. The van der Waals surface area contributed by atoms with Crippen molar-refractivity contribution in [3.05, 3.63) is 29.8 Å². The van der Waals surface area contributed by atoms with Gasteiger partial charge in [0.25, 0.3) is 0 Å². The Morgan fingerprint density at radius 1 is 1.12 bits per heavy atom. The van der Waals surface area contributed by atoms with E-state index in [1.807, 2.05) is 0 Å². The number of hydrogen-bond acceptors (Lipinski definition) is 2. The van der Waals surface area contributed by atoms with Crippen LogP contribution in [0.5, 0.6) is 0 Å². The molecule has 0 bridgehead atoms. The molecule has 1 unspecified atom stereocenters. The van der Waals surface area contributed by atoms with Gasteiger partial charge in [0.05, 0.1) is 0 Å². The lowest BCUT2D eigenvalue weighted by Gasteiger charge is -2.21. The van der Waals surface area contributed by atoms with Gasteiger partial charge in [0.15, 0.2) is 0 Å². The van der Waals surface area contributed by atoms with Gasteiger partial charge in [-0.05, 0) is 37.0 Å². The van der Waals surface area contributed by atoms with Crippen LogP contribution in [0, 0.1) is 0 Å². The number of nitrogens with zero attached hydrogens (tertiary/aromatic N) is 1. The van der Waals surface area contributed by atoms with E-state index in [0.717, 1.165) is 13.0 Å². The van der Waals surface area contributed by atoms with Crippen LogP contribution in [0.15, 0.2) is 24.3 Å². The molecule has 0 aliphatic heterocycles. The van der Waals surface area contributed by atoms with Gasteiger partial charge >= 0.3 is 0 Å². The number of anilines is 1. The van der Waals surface area contributed by atoms with Crippen molar-refractivity contribution in [3.63, 3.8) is 0 Å². The van der Waals surface area contributed by atoms with Crippen molar-refractivity contribution in [2.75, 3.05) is 18.5 Å². The summed E-state index contributed by atoms with van der Waals surface area (Å²) in [5, 5.41) is 0. The molecule has 1 aromatic rings. The molecule has 2 nitrogen and oxygen atoms in total. The van der Waals surface area contributed by atoms with Crippen LogP contribution in [0.25, 0.3) is 0 Å². The first-order chi connectivity index (χ1) is 7.50. The van der Waals surface area contributed by atoms with Crippen LogP contribution in [0.1, 0.15) is 38.7 Å². The van der Waals surface area contributed by atoms with E-state index in [1.54, 1.807) is 0 Å². The Hall–Kier alpha value is -1.02. The SMILES string of the molecule is CC(N)CCN(C)c1ccc(C(C)C)cc1. The van der Waals surface area contributed by atoms with Crippen molar-refractivity contribution in [2.24, 2.45) is 5.73 Å². The predicted octanol–water partition coefficient (Wildman–Crippen LogP) is 2.98. The Morgan fingerprint density at radius 3 is 2.12 bits per heavy atom. The predicted molar refractivity (Wildman–Crippen MR) is 72.1 cm³/mol. The van der Waals surface area contributed by atoms with E-state index in [0.29, 0.717) is 5.92 Å². The second kappa shape index (κ2) is 5.90. The third-order valence-electron chi connectivity index (χ3n) is 2.92. The molecule has 0 fully saturated rings. The van der Waals surface area contributed by atoms with Gasteiger partial charge in [0, 0.05) is 25.3 Å². The van der Waals surface area contributed by atoms with Crippen LogP contribution >= 0.6 is 0 Å². The first kappa shape index (κ1) is 13.0. The van der Waals surface area contributed by atoms with Gasteiger partial charge in [-0.25, -0.2) is 0 Å². The maximum atomic E-state index is 5.76. The standard InChI is InChI=1S/C14H24N2/c1-11(2)13-5-7-14(8-6-13)16(4)10-9-12(3)15/h5-8,11-12H,9-10,15H2,1-4H3. The minimum atomic E-state index is 0.275. The molecule has 0 heterocycles. The molecule has 1 rings (SSSR count). The van der Waals surface area contributed by atoms with Crippen molar-refractivity contribution < 1.29 is 0 Å². The van der Waals surface area contributed by atoms with Gasteiger partial charge in [-0.1, -0.05) is 26.0 Å². The summed E-state index contributed by atoms with van der Waals surface area (Å²) < 4.78 is 0. The van der Waals surface area contributed by atoms with E-state index >= 15 is 0 Å². The summed E-state index contributed by atoms with van der Waals surface area (Å²) in [4.78, 5) is 2.26. The Balaban J connectivity index is 2.59. The smallest absolute Gasteiger partial charge is 0.0363 e. The average molecular weight is 220 g/mol. The third-order valence-corrected chi connectivity index (χ3v) is 2.92. The van der Waals surface area contributed by atoms with Crippen molar-refractivity contribution in [3.8, 4) is 0 Å². The van der Waals surface area contributed by atoms with E-state index in [2.05, 4.69) is 57.0 Å². The van der Waals surface area contributed by atoms with Gasteiger partial charge in [-0.15, -0.1) is 0 Å². The lowest BCUT2D eigenvalue weighted by molar-refractivity contribution is 0.659. The average Bonchev–Trinajstić information content (AvgIpc) is 2.26. The van der Waals surface area contributed by atoms with E-state index in [-0.39, 0.29) is 6.04 Å². The molecule has 1 aromatic carbocycles. The summed E-state index contributed by atoms with van der Waals surface area (Å²) >= 11 is 0. The first-order valence-corrected chi connectivity index (χ1v) is 6.07. The van der Waals surface area contributed by atoms with Crippen LogP contribution in [0.2, 0.25) is 0 Å². The van der Waals surface area contributed by atoms with E-state index < -0.39 is 0 Å². The van der Waals surface area contributed by atoms with Gasteiger partial charge in [0.1, 0.15) is 0 Å². The minimum absolute atomic E-state index is 0.275. The molecule has 2 heteroatoms. The second-order valence-corrected chi connectivity index (χ2v) is 4.93. The van der Waals surface area contributed by atoms with Crippen LogP contribution < -0.4 is 10.6 Å². The highest BCUT2D eigenvalue weighted by Gasteiger charge is 2.03. The van der Waals surface area contributed by atoms with Gasteiger partial charge in [-0.2, -0.15) is 0 Å². The molecule has 0 spiro atoms. The van der Waals surface area contributed by atoms with Crippen molar-refractivity contribution in [1.29, 1.82) is 0 Å². The quantitative estimate of drug-likeness (QED) is 0.826. The molecule has 0 amide bonds. The fourth-order valence-corrected chi connectivity index (χ4v) is 1.64. The molecule has 16 heavy (non-hydrogen) atoms. The number of rotatable bonds is 5. The van der Waals surface area contributed by atoms with Crippen molar-refractivity contribution >= 4 is 5.69 Å². The summed E-state index contributed by atoms with van der Waals surface area (Å²) in [5.41, 5.74) is 8.42. The largest absolute Gasteiger partial charge is 0.375 e. The zero-order chi connectivity index (χ0) is 12.1. The maximum Gasteiger partial charge on any atom is 0.0363 e. The van der Waals surface area contributed by atoms with Gasteiger partial charge in [0.2, 0.25) is 0 Å². The summed E-state index contributed by atoms with van der Waals surface area (Å²) in [6.07, 6.45) is 1.03. The molecule has 0 aliphatic carbocycles. The maximum absolute atomic E-state index is 5.76. The second-order valence-electron chi connectivity index (χ2n) is 4.93. The summed E-state index contributed by atoms with van der Waals surface area (Å²) in [6, 6.07) is 9.08. The normalized spacial score (nSPS) is 12.9. The zero-order valence-electron chi connectivity index (χ0n) is 10.9. The molecular formula is C14H24N2. The highest BCUT2D eigenvalue weighted by atomic mass is 15.1. The molecule has 0 saturated heterocycles. The molecular weight excluding hydrogens is 196 g/mol. The molecule has 0 saturated carbocycles. The number of nitrogens with two attached hydrogens (primary N) is 1. The monoisotopic (exact) mass is 220 g/mol. The fourth-order valence-electron chi connectivity index (χ4n) is 1.64. The lowest BCUT2D eigenvalue weighted by Crippen LogP contribution is -2.25. The first-order valence-electron chi connectivity index (χ1n) is 6.07. The van der Waals surface area contributed by atoms with E-state index in [1.165, 1.54) is 11.3 Å². The highest BCUT2D eigenvalue weighted by molar-refractivity contribution is 5.47. The number of benzene rings is 1. The van der Waals surface area contributed by atoms with Crippen molar-refractivity contribution in [1.82, 2.24) is 0 Å². The van der Waals surface area contributed by atoms with Crippen LogP contribution in [-0.4, -0.2) is 19.6 Å². The summed E-state index contributed by atoms with van der Waals surface area (Å²) in [7, 11) is 2.12. The van der Waals surface area contributed by atoms with E-state index in [9.17, 15) is 0 Å². The van der Waals surface area contributed by atoms with Gasteiger partial charge < -0.3 is 10.6 Å². The Kier molecular flexibility index (Phi) is 4.81. The molecule has 0 aromatic heterocycles. The van der Waals surface area contributed by atoms with Crippen LogP contribution in [0.3, 0.4) is 0 Å². The Bertz CT molecular complexity index is 301. The van der Waals surface area contributed by atoms with Crippen LogP contribution in [0.4, 0.5) is 5.69 Å². The fraction of sp³-hybridized carbons (Fsp3) is 0.571. The Morgan fingerprint density at radius 2 is 1.69 bits per heavy atom. The third kappa shape index (κ3) is 3.86. The van der Waals surface area contributed by atoms with E-state index in [4.69, 9.17) is 5.73 Å². The highest BCUT2D eigenvalue weighted by Crippen LogP contribution is 2.19. The molecule has 0 radical (unpaired) electrons. The molecule has 2 N–H and O–H groups in total. The van der Waals surface area contributed by atoms with Gasteiger partial charge in [-0.3, -0.25) is 0 Å². The minimum Gasteiger partial charge on any atom is -0.375 e. The molecule has 90 valence electrons. The summed E-state index contributed by atoms with van der Waals surface area (Å²) in [6.45, 7) is 7.50. The summed E-state index contributed by atoms with van der Waals surface area (Å²) in [5.74, 6) is 0.600. The molecule has 0 aliphatic rings.